The molecule has 0 radical (unpaired) electrons. The van der Waals surface area contributed by atoms with Gasteiger partial charge in [-0.15, -0.1) is 0 Å². The third-order valence-electron chi connectivity index (χ3n) is 4.29. The van der Waals surface area contributed by atoms with Gasteiger partial charge in [-0.05, 0) is 55.0 Å². The largest absolute Gasteiger partial charge is 0.398 e. The van der Waals surface area contributed by atoms with Crippen LogP contribution < -0.4 is 11.5 Å². The van der Waals surface area contributed by atoms with Gasteiger partial charge in [0, 0.05) is 24.6 Å². The van der Waals surface area contributed by atoms with Crippen LogP contribution in [-0.2, 0) is 4.84 Å². The molecule has 1 aromatic heterocycles. The normalized spacial score (nSPS) is 10.1. The maximum absolute atomic E-state index is 13.1. The summed E-state index contributed by atoms with van der Waals surface area (Å²) in [6, 6.07) is 10.8. The lowest BCUT2D eigenvalue weighted by atomic mass is 10.0. The highest BCUT2D eigenvalue weighted by Gasteiger charge is 2.16. The van der Waals surface area contributed by atoms with Crippen LogP contribution in [0, 0.1) is 18.6 Å². The van der Waals surface area contributed by atoms with Crippen LogP contribution in [0.25, 0.3) is 0 Å². The zero-order chi connectivity index (χ0) is 23.1. The van der Waals surface area contributed by atoms with E-state index in [1.165, 1.54) is 44.6 Å². The second kappa shape index (κ2) is 10.3. The number of aryl methyl sites for hydroxylation is 1. The van der Waals surface area contributed by atoms with Gasteiger partial charge in [0.2, 0.25) is 5.78 Å². The molecule has 0 unspecified atom stereocenters. The summed E-state index contributed by atoms with van der Waals surface area (Å²) in [5.41, 5.74) is 12.9. The number of pyridine rings is 1. The van der Waals surface area contributed by atoms with Crippen molar-refractivity contribution in [1.82, 2.24) is 10.0 Å². The van der Waals surface area contributed by atoms with Crippen molar-refractivity contribution >= 4 is 23.1 Å². The Kier molecular flexibility index (Phi) is 7.75. The molecule has 1 heterocycles. The molecule has 0 aliphatic carbocycles. The molecule has 0 bridgehead atoms. The number of benzene rings is 2. The summed E-state index contributed by atoms with van der Waals surface area (Å²) in [5, 5.41) is 0.977. The number of amides is 1. The van der Waals surface area contributed by atoms with E-state index < -0.39 is 17.5 Å². The number of hydrogen-bond donors (Lipinski definition) is 2. The summed E-state index contributed by atoms with van der Waals surface area (Å²) >= 11 is 0. The van der Waals surface area contributed by atoms with Gasteiger partial charge >= 0.3 is 0 Å². The molecule has 1 amide bonds. The van der Waals surface area contributed by atoms with E-state index in [9.17, 15) is 18.4 Å². The summed E-state index contributed by atoms with van der Waals surface area (Å²) in [6.07, 6.45) is 1.52. The smallest absolute Gasteiger partial charge is 0.279 e. The molecule has 3 aromatic rings. The van der Waals surface area contributed by atoms with Gasteiger partial charge in [0.15, 0.2) is 0 Å². The second-order valence-corrected chi connectivity index (χ2v) is 6.45. The maximum Gasteiger partial charge on any atom is 0.279 e. The molecule has 31 heavy (non-hydrogen) atoms. The van der Waals surface area contributed by atoms with Crippen molar-refractivity contribution in [2.75, 3.05) is 25.6 Å². The van der Waals surface area contributed by atoms with Crippen LogP contribution >= 0.6 is 0 Å². The number of nitrogen functional groups attached to an aromatic ring is 2. The van der Waals surface area contributed by atoms with Crippen LogP contribution in [0.1, 0.15) is 32.0 Å². The van der Waals surface area contributed by atoms with E-state index in [0.717, 1.165) is 22.8 Å². The van der Waals surface area contributed by atoms with Gasteiger partial charge < -0.3 is 11.5 Å². The number of halogens is 2. The number of aromatic nitrogens is 1. The summed E-state index contributed by atoms with van der Waals surface area (Å²) < 4.78 is 25.9. The van der Waals surface area contributed by atoms with E-state index in [1.807, 2.05) is 0 Å². The molecule has 4 N–H and O–H groups in total. The zero-order valence-corrected chi connectivity index (χ0v) is 17.2. The lowest BCUT2D eigenvalue weighted by Gasteiger charge is -2.14. The highest BCUT2D eigenvalue weighted by atomic mass is 19.1. The number of anilines is 2. The van der Waals surface area contributed by atoms with E-state index in [4.69, 9.17) is 11.5 Å². The van der Waals surface area contributed by atoms with Crippen LogP contribution in [-0.4, -0.2) is 35.9 Å². The maximum atomic E-state index is 13.1. The van der Waals surface area contributed by atoms with Gasteiger partial charge in [-0.2, -0.15) is 0 Å². The van der Waals surface area contributed by atoms with Crippen molar-refractivity contribution in [3.63, 3.8) is 0 Å². The van der Waals surface area contributed by atoms with Crippen molar-refractivity contribution in [3.8, 4) is 0 Å². The van der Waals surface area contributed by atoms with Gasteiger partial charge in [-0.25, -0.2) is 13.8 Å². The Balaban J connectivity index is 0.000000225. The first kappa shape index (κ1) is 23.4. The van der Waals surface area contributed by atoms with Crippen LogP contribution in [0.5, 0.6) is 0 Å². The minimum Gasteiger partial charge on any atom is -0.398 e. The molecule has 9 heteroatoms. The van der Waals surface area contributed by atoms with Crippen molar-refractivity contribution in [3.05, 3.63) is 88.7 Å². The standard InChI is InChI=1S/C13H11FN2O.C9H11FN2O2/c1-8-3-2-6-16-12(8)13(17)10-7-9(14)4-5-11(10)15;1-12(14-2)9(13)7-5-6(10)3-4-8(7)11/h2-7H,15H2,1H3;3-5H,11H2,1-2H3. The predicted octanol–water partition coefficient (Wildman–Crippen LogP) is 3.38. The first-order valence-corrected chi connectivity index (χ1v) is 9.04. The minimum absolute atomic E-state index is 0.0920. The molecule has 7 nitrogen and oxygen atoms in total. The monoisotopic (exact) mass is 428 g/mol. The fraction of sp³-hybridized carbons (Fsp3) is 0.136. The van der Waals surface area contributed by atoms with Gasteiger partial charge in [-0.3, -0.25) is 19.4 Å². The zero-order valence-electron chi connectivity index (χ0n) is 17.2. The second-order valence-electron chi connectivity index (χ2n) is 6.45. The number of nitrogens with two attached hydrogens (primary N) is 2. The molecule has 0 spiro atoms. The van der Waals surface area contributed by atoms with Gasteiger partial charge in [-0.1, -0.05) is 6.07 Å². The first-order chi connectivity index (χ1) is 14.6. The summed E-state index contributed by atoms with van der Waals surface area (Å²) in [4.78, 5) is 32.3. The van der Waals surface area contributed by atoms with Crippen LogP contribution in [0.15, 0.2) is 54.7 Å². The SMILES string of the molecule is CON(C)C(=O)c1cc(F)ccc1N.Cc1cccnc1C(=O)c1cc(F)ccc1N. The number of carbonyl (C=O) groups excluding carboxylic acids is 2. The lowest BCUT2D eigenvalue weighted by Crippen LogP contribution is -2.26. The van der Waals surface area contributed by atoms with Crippen LogP contribution in [0.2, 0.25) is 0 Å². The molecule has 0 saturated heterocycles. The fourth-order valence-electron chi connectivity index (χ4n) is 2.54. The topological polar surface area (TPSA) is 112 Å². The Bertz CT molecular complexity index is 1110. The number of carbonyl (C=O) groups is 2. The van der Waals surface area contributed by atoms with Crippen molar-refractivity contribution in [2.24, 2.45) is 0 Å². The number of ketones is 1. The summed E-state index contributed by atoms with van der Waals surface area (Å²) in [6.45, 7) is 1.77. The molecule has 3 rings (SSSR count). The molecule has 0 saturated carbocycles. The quantitative estimate of drug-likeness (QED) is 0.374. The molecule has 0 aliphatic rings. The minimum atomic E-state index is -0.507. The molecular formula is C22H22F2N4O3. The van der Waals surface area contributed by atoms with E-state index >= 15 is 0 Å². The molecule has 0 aliphatic heterocycles. The lowest BCUT2D eigenvalue weighted by molar-refractivity contribution is -0.0756. The Morgan fingerprint density at radius 3 is 2.06 bits per heavy atom. The third-order valence-corrected chi connectivity index (χ3v) is 4.29. The molecule has 2 aromatic carbocycles. The fourth-order valence-corrected chi connectivity index (χ4v) is 2.54. The number of nitrogens with zero attached hydrogens (tertiary/aromatic N) is 2. The third kappa shape index (κ3) is 5.83. The Morgan fingerprint density at radius 1 is 0.968 bits per heavy atom. The van der Waals surface area contributed by atoms with Gasteiger partial charge in [0.25, 0.3) is 5.91 Å². The highest BCUT2D eigenvalue weighted by molar-refractivity contribution is 6.11. The molecule has 162 valence electrons. The average Bonchev–Trinajstić information content (AvgIpc) is 2.76. The number of hydroxylamine groups is 2. The predicted molar refractivity (Wildman–Crippen MR) is 113 cm³/mol. The highest BCUT2D eigenvalue weighted by Crippen LogP contribution is 2.18. The molecular weight excluding hydrogens is 406 g/mol. The van der Waals surface area contributed by atoms with E-state index in [2.05, 4.69) is 9.82 Å². The summed E-state index contributed by atoms with van der Waals surface area (Å²) in [5.74, 6) is -1.84. The Morgan fingerprint density at radius 2 is 1.52 bits per heavy atom. The van der Waals surface area contributed by atoms with Crippen LogP contribution in [0.4, 0.5) is 20.2 Å². The van der Waals surface area contributed by atoms with E-state index in [0.29, 0.717) is 5.69 Å². The number of hydrogen-bond acceptors (Lipinski definition) is 6. The molecule has 0 atom stereocenters. The van der Waals surface area contributed by atoms with Crippen molar-refractivity contribution in [1.29, 1.82) is 0 Å². The van der Waals surface area contributed by atoms with Gasteiger partial charge in [0.05, 0.1) is 18.2 Å². The van der Waals surface area contributed by atoms with Crippen molar-refractivity contribution in [2.45, 2.75) is 6.92 Å². The Hall–Kier alpha value is -3.85. The van der Waals surface area contributed by atoms with Crippen LogP contribution in [0.3, 0.4) is 0 Å². The molecule has 0 fully saturated rings. The summed E-state index contributed by atoms with van der Waals surface area (Å²) in [7, 11) is 2.76. The Labute approximate surface area is 178 Å². The first-order valence-electron chi connectivity index (χ1n) is 9.04. The number of rotatable bonds is 4. The van der Waals surface area contributed by atoms with Gasteiger partial charge in [0.1, 0.15) is 17.3 Å². The van der Waals surface area contributed by atoms with E-state index in [-0.39, 0.29) is 28.3 Å². The van der Waals surface area contributed by atoms with Crippen molar-refractivity contribution < 1.29 is 23.2 Å². The van der Waals surface area contributed by atoms with E-state index in [1.54, 1.807) is 19.1 Å². The average molecular weight is 428 g/mol.